The van der Waals surface area contributed by atoms with Crippen LogP contribution in [0.3, 0.4) is 0 Å². The molecule has 0 aliphatic rings. The van der Waals surface area contributed by atoms with Crippen LogP contribution in [0.5, 0.6) is 11.6 Å². The third kappa shape index (κ3) is 8.09. The number of ether oxygens (including phenoxy) is 1. The molecule has 11 rings (SSSR count). The lowest BCUT2D eigenvalue weighted by Gasteiger charge is -2.44. The number of fused-ring (bicyclic) bond motifs is 1. The predicted molar refractivity (Wildman–Crippen MR) is 249 cm³/mol. The summed E-state index contributed by atoms with van der Waals surface area (Å²) in [4.78, 5) is 0. The van der Waals surface area contributed by atoms with Gasteiger partial charge in [-0.25, -0.2) is 87.8 Å². The maximum atomic E-state index is 15.4. The van der Waals surface area contributed by atoms with Gasteiger partial charge in [-0.1, -0.05) is 84.9 Å². The lowest BCUT2D eigenvalue weighted by Crippen LogP contribution is -2.81. The van der Waals surface area contributed by atoms with E-state index in [1.54, 1.807) is 0 Å². The quantitative estimate of drug-likeness (QED) is 0.0369. The number of rotatable bonds is 8. The van der Waals surface area contributed by atoms with Crippen molar-refractivity contribution in [3.8, 4) is 11.6 Å². The van der Waals surface area contributed by atoms with E-state index in [4.69, 9.17) is 4.74 Å². The maximum absolute atomic E-state index is 15.4. The maximum Gasteiger partial charge on any atom is 0.374 e. The van der Waals surface area contributed by atoms with Crippen molar-refractivity contribution in [1.29, 1.82) is 0 Å². The minimum Gasteiger partial charge on any atom is -0.404 e. The fourth-order valence-corrected chi connectivity index (χ4v) is 10.0. The van der Waals surface area contributed by atoms with Crippen LogP contribution in [0.4, 0.5) is 87.8 Å². The first kappa shape index (κ1) is 53.5. The van der Waals surface area contributed by atoms with Gasteiger partial charge in [0, 0.05) is 27.8 Å². The molecule has 0 spiro atoms. The molecule has 23 heteroatoms. The Kier molecular flexibility index (Phi) is 13.4. The summed E-state index contributed by atoms with van der Waals surface area (Å²) in [5, 5.41) is 8.67. The highest BCUT2D eigenvalue weighted by molar-refractivity contribution is 7.20. The summed E-state index contributed by atoms with van der Waals surface area (Å²) >= 11 is 0. The average Bonchev–Trinajstić information content (AvgIpc) is 3.40. The zero-order valence-corrected chi connectivity index (χ0v) is 38.7. The van der Waals surface area contributed by atoms with Crippen LogP contribution in [-0.2, 0) is 6.54 Å². The summed E-state index contributed by atoms with van der Waals surface area (Å²) < 4.78 is 303. The highest BCUT2D eigenvalue weighted by Gasteiger charge is 2.52. The number of para-hydroxylation sites is 1. The van der Waals surface area contributed by atoms with E-state index in [0.717, 1.165) is 29.1 Å². The van der Waals surface area contributed by atoms with Gasteiger partial charge in [0.25, 0.3) is 0 Å². The first-order valence-electron chi connectivity index (χ1n) is 22.6. The highest BCUT2D eigenvalue weighted by Crippen LogP contribution is 2.40. The summed E-state index contributed by atoms with van der Waals surface area (Å²) in [5.41, 5.74) is -11.9. The van der Waals surface area contributed by atoms with Crippen molar-refractivity contribution in [3.63, 3.8) is 0 Å². The van der Waals surface area contributed by atoms with Crippen molar-refractivity contribution in [1.82, 2.24) is 0 Å². The van der Waals surface area contributed by atoms with Gasteiger partial charge in [-0.3, -0.25) is 0 Å². The molecule has 0 fully saturated rings. The van der Waals surface area contributed by atoms with E-state index < -0.39 is 144 Å². The summed E-state index contributed by atoms with van der Waals surface area (Å²) in [5.74, 6) is -69.7. The van der Waals surface area contributed by atoms with Gasteiger partial charge in [0.05, 0.1) is 6.07 Å². The highest BCUT2D eigenvalue weighted by atomic mass is 19.2. The number of hydrogen-bond donors (Lipinski definition) is 0. The normalized spacial score (nSPS) is 11.8. The Balaban J connectivity index is 0.000000184. The molecule has 0 amide bonds. The molecular weight excluding hydrogens is 1090 g/mol. The van der Waals surface area contributed by atoms with E-state index in [1.807, 2.05) is 0 Å². The molecule has 10 aromatic carbocycles. The molecule has 2 nitrogen and oxygen atoms in total. The number of nitrogens with zero attached hydrogens (tertiary/aromatic N) is 1. The van der Waals surface area contributed by atoms with Crippen LogP contribution in [0.25, 0.3) is 43.2 Å². The summed E-state index contributed by atoms with van der Waals surface area (Å²) in [6.07, 6.45) is -7.22. The van der Waals surface area contributed by atoms with Gasteiger partial charge in [0.15, 0.2) is 76.4 Å². The Labute approximate surface area is 428 Å². The second-order valence-electron chi connectivity index (χ2n) is 17.6. The Bertz CT molecular complexity index is 3930. The van der Waals surface area contributed by atoms with Gasteiger partial charge in [-0.05, 0) is 45.8 Å². The number of benzene rings is 10. The molecule has 1 aromatic heterocycles. The van der Waals surface area contributed by atoms with Crippen molar-refractivity contribution >= 4 is 71.2 Å². The summed E-state index contributed by atoms with van der Waals surface area (Å²) in [7, 11) is 0. The van der Waals surface area contributed by atoms with E-state index in [-0.39, 0.29) is 0 Å². The van der Waals surface area contributed by atoms with Crippen molar-refractivity contribution in [2.45, 2.75) is 6.54 Å². The Hall–Kier alpha value is -8.89. The van der Waals surface area contributed by atoms with Crippen molar-refractivity contribution < 1.29 is 97.1 Å². The Morgan fingerprint density at radius 1 is 0.291 bits per heavy atom. The predicted octanol–water partition coefficient (Wildman–Crippen LogP) is 13.7. The van der Waals surface area contributed by atoms with Gasteiger partial charge in [0.2, 0.25) is 5.52 Å². The van der Waals surface area contributed by atoms with E-state index in [0.29, 0.717) is 0 Å². The van der Waals surface area contributed by atoms with E-state index in [1.165, 1.54) is 37.9 Å². The molecule has 400 valence electrons. The average molecular weight is 1120 g/mol. The number of hydrogen-bond acceptors (Lipinski definition) is 1. The van der Waals surface area contributed by atoms with Gasteiger partial charge in [0.1, 0.15) is 58.4 Å². The van der Waals surface area contributed by atoms with Crippen LogP contribution < -0.4 is 31.2 Å². The van der Waals surface area contributed by atoms with Crippen LogP contribution in [0.1, 0.15) is 5.56 Å². The molecule has 0 N–H and O–H groups in total. The molecule has 0 atom stereocenters. The van der Waals surface area contributed by atoms with Crippen molar-refractivity contribution in [2.75, 3.05) is 0 Å². The van der Waals surface area contributed by atoms with Gasteiger partial charge in [-0.15, -0.1) is 21.9 Å². The van der Waals surface area contributed by atoms with Crippen molar-refractivity contribution in [3.05, 3.63) is 243 Å². The van der Waals surface area contributed by atoms with Crippen LogP contribution in [-0.4, -0.2) is 6.15 Å². The molecule has 0 unspecified atom stereocenters. The third-order valence-electron chi connectivity index (χ3n) is 13.5. The Morgan fingerprint density at radius 3 is 1.05 bits per heavy atom. The van der Waals surface area contributed by atoms with Crippen LogP contribution >= 0.6 is 0 Å². The monoisotopic (exact) mass is 1120 g/mol. The molecular formula is C56H22BF20NO. The molecule has 0 saturated carbocycles. The lowest BCUT2D eigenvalue weighted by atomic mass is 9.12. The molecule has 0 saturated heterocycles. The largest absolute Gasteiger partial charge is 0.404 e. The zero-order valence-electron chi connectivity index (χ0n) is 38.7. The molecule has 1 heterocycles. The second-order valence-corrected chi connectivity index (χ2v) is 17.6. The smallest absolute Gasteiger partial charge is 0.374 e. The van der Waals surface area contributed by atoms with Crippen LogP contribution in [0, 0.1) is 116 Å². The first-order chi connectivity index (χ1) is 37.6. The zero-order chi connectivity index (χ0) is 56.8. The van der Waals surface area contributed by atoms with Crippen LogP contribution in [0.15, 0.2) is 121 Å². The van der Waals surface area contributed by atoms with Gasteiger partial charge < -0.3 is 4.74 Å². The van der Waals surface area contributed by atoms with Gasteiger partial charge in [-0.2, -0.15) is 4.57 Å². The summed E-state index contributed by atoms with van der Waals surface area (Å²) in [6, 6.07) is 42.8. The number of aromatic nitrogens is 1. The molecule has 0 bridgehead atoms. The first-order valence-corrected chi connectivity index (χ1v) is 22.6. The standard InChI is InChI=1S/C32H22NO.C24BF20/c1-2-7-22(8-3-1)21-33-28-12-5-4-9-23(28)17-20-30(33)34-29-19-16-26-14-13-24-10-6-11-25-15-18-27(29)32(26)31(24)25;26-5-1(6(27)14(35)21(42)13(5)34)25(2-7(28)15(36)22(43)16(37)8(2)29,3-9(30)17(38)23(44)18(39)10(3)31)4-11(32)19(40)24(45)20(41)12(4)33/h1-20H,21H2;/q+1;-1. The number of pyridine rings is 1. The van der Waals surface area contributed by atoms with E-state index >= 15 is 35.1 Å². The minimum atomic E-state index is -7.22. The van der Waals surface area contributed by atoms with E-state index in [2.05, 4.69) is 126 Å². The molecule has 0 radical (unpaired) electrons. The van der Waals surface area contributed by atoms with Crippen LogP contribution in [0.2, 0.25) is 0 Å². The molecule has 0 aliphatic carbocycles. The fourth-order valence-electron chi connectivity index (χ4n) is 10.0. The molecule has 0 aliphatic heterocycles. The molecule has 11 aromatic rings. The SMILES string of the molecule is Fc1c(F)c(F)c([B-](c2c(F)c(F)c(F)c(F)c2F)(c2c(F)c(F)c(F)c(F)c2F)c2c(F)c(F)c(F)c(F)c2F)c(F)c1F.c1ccc(C[n+]2c(Oc3ccc4ccc5cccc6ccc3c4c56)ccc3ccccc32)cc1. The molecule has 79 heavy (non-hydrogen) atoms. The fraction of sp³-hybridized carbons (Fsp3) is 0.0179. The minimum absolute atomic E-state index is 0.739. The van der Waals surface area contributed by atoms with Crippen molar-refractivity contribution in [2.24, 2.45) is 0 Å². The number of halogens is 20. The Morgan fingerprint density at radius 2 is 0.620 bits per heavy atom. The van der Waals surface area contributed by atoms with Gasteiger partial charge >= 0.3 is 5.88 Å². The van der Waals surface area contributed by atoms with E-state index in [9.17, 15) is 52.7 Å². The second kappa shape index (κ2) is 19.8. The topological polar surface area (TPSA) is 13.1 Å². The third-order valence-corrected chi connectivity index (χ3v) is 13.5. The summed E-state index contributed by atoms with van der Waals surface area (Å²) in [6.45, 7) is 0.739. The lowest BCUT2D eigenvalue weighted by molar-refractivity contribution is -0.666.